The van der Waals surface area contributed by atoms with Gasteiger partial charge in [-0.05, 0) is 0 Å². The summed E-state index contributed by atoms with van der Waals surface area (Å²) in [5.41, 5.74) is 0.552. The van der Waals surface area contributed by atoms with Crippen LogP contribution in [-0.2, 0) is 0 Å². The fourth-order valence-corrected chi connectivity index (χ4v) is 6.72. The first kappa shape index (κ1) is 19.6. The predicted molar refractivity (Wildman–Crippen MR) is 97.6 cm³/mol. The van der Waals surface area contributed by atoms with E-state index in [0.717, 1.165) is 0 Å². The number of nitrogens with one attached hydrogen (secondary N) is 4. The molecule has 0 bridgehead atoms. The van der Waals surface area contributed by atoms with E-state index >= 15 is 0 Å². The molecule has 1 aromatic carbocycles. The zero-order chi connectivity index (χ0) is 16.7. The van der Waals surface area contributed by atoms with E-state index in [0.29, 0.717) is 36.5 Å². The van der Waals surface area contributed by atoms with Gasteiger partial charge >= 0.3 is 142 Å². The molecule has 0 unspecified atom stereocenters. The molecule has 0 atom stereocenters. The average Bonchev–Trinajstić information content (AvgIpc) is 2.47. The van der Waals surface area contributed by atoms with Gasteiger partial charge in [0.1, 0.15) is 0 Å². The molecule has 22 heavy (non-hydrogen) atoms. The molecule has 126 valence electrons. The van der Waals surface area contributed by atoms with E-state index in [4.69, 9.17) is 22.8 Å². The van der Waals surface area contributed by atoms with Crippen LogP contribution in [0.1, 0.15) is 31.1 Å². The molecule has 1 amide bonds. The summed E-state index contributed by atoms with van der Waals surface area (Å²) in [6.45, 7) is 8.03. The van der Waals surface area contributed by atoms with Crippen molar-refractivity contribution in [2.75, 3.05) is 25.9 Å². The van der Waals surface area contributed by atoms with E-state index in [9.17, 15) is 4.79 Å². The topological polar surface area (TPSA) is 65.2 Å². The van der Waals surface area contributed by atoms with Gasteiger partial charge in [0.15, 0.2) is 0 Å². The predicted octanol–water partition coefficient (Wildman–Crippen LogP) is 3.31. The molecule has 0 spiro atoms. The van der Waals surface area contributed by atoms with Crippen molar-refractivity contribution in [1.29, 1.82) is 0 Å². The van der Waals surface area contributed by atoms with E-state index in [1.807, 2.05) is 20.8 Å². The second-order valence-corrected chi connectivity index (χ2v) is 11.2. The Labute approximate surface area is 142 Å². The second kappa shape index (κ2) is 8.44. The van der Waals surface area contributed by atoms with E-state index in [2.05, 4.69) is 20.6 Å². The van der Waals surface area contributed by atoms with Crippen molar-refractivity contribution in [3.8, 4) is 0 Å². The molecule has 0 aromatic heterocycles. The molecule has 8 heteroatoms. The van der Waals surface area contributed by atoms with Crippen LogP contribution in [0.15, 0.2) is 24.3 Å². The number of hydrogen-bond acceptors (Lipinski definition) is 4. The molecule has 0 aliphatic heterocycles. The molecule has 0 aliphatic carbocycles. The maximum atomic E-state index is 12.3. The average molecular weight is 367 g/mol. The minimum absolute atomic E-state index is 0.181. The molecular weight excluding hydrogens is 342 g/mol. The van der Waals surface area contributed by atoms with E-state index < -0.39 is 6.41 Å². The van der Waals surface area contributed by atoms with Crippen LogP contribution in [0, 0.1) is 0 Å². The Balaban J connectivity index is 2.85. The fraction of sp³-hybridized carbons (Fsp3) is 0.500. The van der Waals surface area contributed by atoms with Crippen LogP contribution >= 0.6 is 29.3 Å². The van der Waals surface area contributed by atoms with Crippen molar-refractivity contribution in [3.05, 3.63) is 34.9 Å². The number of halogens is 2. The third-order valence-corrected chi connectivity index (χ3v) is 8.47. The Bertz CT molecular complexity index is 478. The summed E-state index contributed by atoms with van der Waals surface area (Å²) in [7, 11) is 0. The molecule has 4 N–H and O–H groups in total. The van der Waals surface area contributed by atoms with Gasteiger partial charge in [-0.1, -0.05) is 0 Å². The molecule has 0 saturated carbocycles. The summed E-state index contributed by atoms with van der Waals surface area (Å²) in [6, 6.07) is 6.76. The summed E-state index contributed by atoms with van der Waals surface area (Å²) in [5.74, 6) is -0.181. The van der Waals surface area contributed by atoms with Gasteiger partial charge in [-0.3, -0.25) is 0 Å². The summed E-state index contributed by atoms with van der Waals surface area (Å²) >= 11 is 12.8. The van der Waals surface area contributed by atoms with Crippen LogP contribution < -0.4 is 20.6 Å². The molecular formula is C14H25Cl2N4OP. The second-order valence-electron chi connectivity index (χ2n) is 4.89. The van der Waals surface area contributed by atoms with Crippen molar-refractivity contribution >= 4 is 35.2 Å². The van der Waals surface area contributed by atoms with Crippen molar-refractivity contribution < 1.29 is 4.79 Å². The van der Waals surface area contributed by atoms with Crippen molar-refractivity contribution in [2.45, 2.75) is 20.8 Å². The third-order valence-electron chi connectivity index (χ3n) is 3.11. The fourth-order valence-electron chi connectivity index (χ4n) is 2.25. The Morgan fingerprint density at radius 2 is 1.45 bits per heavy atom. The van der Waals surface area contributed by atoms with Crippen LogP contribution in [0.4, 0.5) is 0 Å². The number of amides is 1. The van der Waals surface area contributed by atoms with Gasteiger partial charge < -0.3 is 0 Å². The van der Waals surface area contributed by atoms with Crippen LogP contribution in [0.3, 0.4) is 0 Å². The first-order valence-electron chi connectivity index (χ1n) is 7.41. The molecule has 0 heterocycles. The van der Waals surface area contributed by atoms with Gasteiger partial charge in [-0.25, -0.2) is 0 Å². The van der Waals surface area contributed by atoms with Crippen molar-refractivity contribution in [1.82, 2.24) is 20.6 Å². The van der Waals surface area contributed by atoms with Gasteiger partial charge in [-0.15, -0.1) is 0 Å². The van der Waals surface area contributed by atoms with Crippen LogP contribution in [-0.4, -0.2) is 31.8 Å². The van der Waals surface area contributed by atoms with E-state index in [1.165, 1.54) is 0 Å². The SMILES string of the molecule is CCNP(Cl)(CNC(=O)c1ccc(Cl)cc1)(NCC)NCC. The first-order chi connectivity index (χ1) is 10.4. The quantitative estimate of drug-likeness (QED) is 0.506. The first-order valence-corrected chi connectivity index (χ1v) is 11.1. The molecule has 0 fully saturated rings. The van der Waals surface area contributed by atoms with Crippen molar-refractivity contribution in [3.63, 3.8) is 0 Å². The zero-order valence-corrected chi connectivity index (χ0v) is 15.7. The molecule has 0 saturated heterocycles. The summed E-state index contributed by atoms with van der Waals surface area (Å²) < 4.78 is 0. The standard InChI is InChI=1S/C14H25Cl2N4OP/c1-4-18-22(16,19-5-2,20-6-3)11-17-14(21)12-7-9-13(15)10-8-12/h7-10,18-20H,4-6,11H2,1-3H3,(H,17,21). The van der Waals surface area contributed by atoms with Gasteiger partial charge in [0.2, 0.25) is 0 Å². The molecule has 0 aliphatic rings. The number of carbonyl (C=O) groups excluding carboxylic acids is 1. The number of benzene rings is 1. The monoisotopic (exact) mass is 366 g/mol. The Morgan fingerprint density at radius 3 is 1.86 bits per heavy atom. The van der Waals surface area contributed by atoms with Gasteiger partial charge in [0.05, 0.1) is 0 Å². The van der Waals surface area contributed by atoms with E-state index in [-0.39, 0.29) is 5.91 Å². The van der Waals surface area contributed by atoms with Crippen LogP contribution in [0.25, 0.3) is 0 Å². The summed E-state index contributed by atoms with van der Waals surface area (Å²) in [4.78, 5) is 12.3. The number of rotatable bonds is 9. The normalized spacial score (nSPS) is 13.4. The number of carbonyl (C=O) groups is 1. The minimum atomic E-state index is -3.12. The molecule has 1 rings (SSSR count). The number of hydrogen-bond donors (Lipinski definition) is 4. The van der Waals surface area contributed by atoms with Crippen molar-refractivity contribution in [2.24, 2.45) is 0 Å². The third kappa shape index (κ3) is 5.34. The maximum absolute atomic E-state index is 12.3. The van der Waals surface area contributed by atoms with Crippen LogP contribution in [0.2, 0.25) is 5.02 Å². The molecule has 1 aromatic rings. The zero-order valence-electron chi connectivity index (χ0n) is 13.2. The Hall–Kier alpha value is -0.420. The van der Waals surface area contributed by atoms with E-state index in [1.54, 1.807) is 24.3 Å². The van der Waals surface area contributed by atoms with Gasteiger partial charge in [0.25, 0.3) is 0 Å². The Morgan fingerprint density at radius 1 is 1.00 bits per heavy atom. The van der Waals surface area contributed by atoms with Gasteiger partial charge in [-0.2, -0.15) is 0 Å². The molecule has 5 nitrogen and oxygen atoms in total. The van der Waals surface area contributed by atoms with Gasteiger partial charge in [0, 0.05) is 0 Å². The summed E-state index contributed by atoms with van der Waals surface area (Å²) in [5, 5.41) is 13.5. The molecule has 0 radical (unpaired) electrons. The summed E-state index contributed by atoms with van der Waals surface area (Å²) in [6.07, 6.45) is -2.83. The Kier molecular flexibility index (Phi) is 7.53. The van der Waals surface area contributed by atoms with Crippen LogP contribution in [0.5, 0.6) is 0 Å².